The maximum absolute atomic E-state index is 5.39. The van der Waals surface area contributed by atoms with Gasteiger partial charge < -0.3 is 14.8 Å². The highest BCUT2D eigenvalue weighted by Crippen LogP contribution is 2.53. The molecule has 0 aliphatic heterocycles. The molecule has 3 rings (SSSR count). The van der Waals surface area contributed by atoms with Gasteiger partial charge in [-0.05, 0) is 36.1 Å². The van der Waals surface area contributed by atoms with Gasteiger partial charge in [-0.1, -0.05) is 43.3 Å². The molecule has 0 aromatic heterocycles. The summed E-state index contributed by atoms with van der Waals surface area (Å²) in [5.74, 6) is 2.18. The van der Waals surface area contributed by atoms with Crippen LogP contribution >= 0.6 is 12.4 Å². The Kier molecular flexibility index (Phi) is 6.14. The van der Waals surface area contributed by atoms with Crippen LogP contribution in [0, 0.1) is 0 Å². The second kappa shape index (κ2) is 7.91. The van der Waals surface area contributed by atoms with Gasteiger partial charge in [0.1, 0.15) is 0 Å². The first-order valence-electron chi connectivity index (χ1n) is 8.23. The fourth-order valence-electron chi connectivity index (χ4n) is 3.41. The molecular formula is C20H26ClNO2. The number of rotatable bonds is 7. The molecule has 130 valence electrons. The van der Waals surface area contributed by atoms with Crippen molar-refractivity contribution < 1.29 is 9.47 Å². The second-order valence-electron chi connectivity index (χ2n) is 6.22. The minimum atomic E-state index is 0. The van der Waals surface area contributed by atoms with Crippen molar-refractivity contribution in [3.63, 3.8) is 0 Å². The smallest absolute Gasteiger partial charge is 0.161 e. The van der Waals surface area contributed by atoms with Gasteiger partial charge in [0, 0.05) is 18.0 Å². The Labute approximate surface area is 150 Å². The molecule has 1 aliphatic carbocycles. The minimum Gasteiger partial charge on any atom is -0.493 e. The van der Waals surface area contributed by atoms with Crippen LogP contribution in [-0.4, -0.2) is 19.8 Å². The summed E-state index contributed by atoms with van der Waals surface area (Å²) in [5, 5.41) is 3.78. The number of ether oxygens (including phenoxy) is 2. The van der Waals surface area contributed by atoms with Gasteiger partial charge in [0.05, 0.1) is 14.2 Å². The van der Waals surface area contributed by atoms with Crippen molar-refractivity contribution in [1.82, 2.24) is 5.32 Å². The molecule has 2 unspecified atom stereocenters. The molecule has 3 nitrogen and oxygen atoms in total. The first-order chi connectivity index (χ1) is 11.2. The summed E-state index contributed by atoms with van der Waals surface area (Å²) in [6, 6.07) is 16.9. The van der Waals surface area contributed by atoms with Crippen LogP contribution in [0.25, 0.3) is 0 Å². The maximum atomic E-state index is 5.39. The Morgan fingerprint density at radius 3 is 2.38 bits per heavy atom. The molecule has 4 heteroatoms. The van der Waals surface area contributed by atoms with Crippen LogP contribution in [0.5, 0.6) is 11.5 Å². The van der Waals surface area contributed by atoms with E-state index in [-0.39, 0.29) is 17.9 Å². The van der Waals surface area contributed by atoms with E-state index in [1.165, 1.54) is 17.5 Å². The van der Waals surface area contributed by atoms with E-state index >= 15 is 0 Å². The summed E-state index contributed by atoms with van der Waals surface area (Å²) in [6.07, 6.45) is 2.35. The second-order valence-corrected chi connectivity index (χ2v) is 6.22. The number of hydrogen-bond acceptors (Lipinski definition) is 3. The minimum absolute atomic E-state index is 0. The number of nitrogens with one attached hydrogen (secondary N) is 1. The molecule has 0 radical (unpaired) electrons. The van der Waals surface area contributed by atoms with Crippen LogP contribution < -0.4 is 14.8 Å². The number of hydrogen-bond donors (Lipinski definition) is 1. The largest absolute Gasteiger partial charge is 0.493 e. The summed E-state index contributed by atoms with van der Waals surface area (Å²) in [6.45, 7) is 3.11. The van der Waals surface area contributed by atoms with Crippen molar-refractivity contribution in [3.8, 4) is 11.5 Å². The molecule has 1 N–H and O–H groups in total. The molecule has 2 aromatic rings. The molecule has 0 saturated heterocycles. The van der Waals surface area contributed by atoms with Crippen LogP contribution in [0.3, 0.4) is 0 Å². The van der Waals surface area contributed by atoms with Gasteiger partial charge in [-0.25, -0.2) is 0 Å². The highest BCUT2D eigenvalue weighted by molar-refractivity contribution is 5.85. The zero-order chi connectivity index (χ0) is 16.3. The number of benzene rings is 2. The molecule has 1 fully saturated rings. The topological polar surface area (TPSA) is 30.5 Å². The van der Waals surface area contributed by atoms with Gasteiger partial charge in [0.15, 0.2) is 11.5 Å². The summed E-state index contributed by atoms with van der Waals surface area (Å²) >= 11 is 0. The van der Waals surface area contributed by atoms with Gasteiger partial charge in [-0.2, -0.15) is 0 Å². The van der Waals surface area contributed by atoms with Gasteiger partial charge in [0.25, 0.3) is 0 Å². The van der Waals surface area contributed by atoms with E-state index in [0.717, 1.165) is 24.5 Å². The van der Waals surface area contributed by atoms with Gasteiger partial charge in [-0.15, -0.1) is 12.4 Å². The molecule has 2 aromatic carbocycles. The molecule has 2 atom stereocenters. The maximum Gasteiger partial charge on any atom is 0.161 e. The lowest BCUT2D eigenvalue weighted by Crippen LogP contribution is -2.31. The Hall–Kier alpha value is -1.71. The quantitative estimate of drug-likeness (QED) is 0.797. The molecule has 0 bridgehead atoms. The lowest BCUT2D eigenvalue weighted by atomic mass is 10.0. The summed E-state index contributed by atoms with van der Waals surface area (Å²) < 4.78 is 10.7. The average molecular weight is 348 g/mol. The highest BCUT2D eigenvalue weighted by atomic mass is 35.5. The zero-order valence-corrected chi connectivity index (χ0v) is 15.4. The van der Waals surface area contributed by atoms with Crippen molar-refractivity contribution in [2.75, 3.05) is 14.2 Å². The highest BCUT2D eigenvalue weighted by Gasteiger charge is 2.52. The van der Waals surface area contributed by atoms with E-state index in [1.54, 1.807) is 14.2 Å². The molecular weight excluding hydrogens is 322 g/mol. The van der Waals surface area contributed by atoms with E-state index in [1.807, 2.05) is 6.07 Å². The zero-order valence-electron chi connectivity index (χ0n) is 14.5. The predicted octanol–water partition coefficient (Wildman–Crippen LogP) is 4.55. The van der Waals surface area contributed by atoms with Crippen LogP contribution in [0.4, 0.5) is 0 Å². The monoisotopic (exact) mass is 347 g/mol. The Bertz CT molecular complexity index is 662. The van der Waals surface area contributed by atoms with E-state index < -0.39 is 0 Å². The third-order valence-corrected chi connectivity index (χ3v) is 5.00. The van der Waals surface area contributed by atoms with Crippen LogP contribution in [0.2, 0.25) is 0 Å². The lowest BCUT2D eigenvalue weighted by Gasteiger charge is -2.18. The van der Waals surface area contributed by atoms with Gasteiger partial charge >= 0.3 is 0 Å². The molecule has 1 saturated carbocycles. The van der Waals surface area contributed by atoms with Crippen molar-refractivity contribution in [3.05, 3.63) is 59.7 Å². The molecule has 0 amide bonds. The third kappa shape index (κ3) is 3.68. The van der Waals surface area contributed by atoms with E-state index in [0.29, 0.717) is 5.92 Å². The first kappa shape index (κ1) is 18.6. The average Bonchev–Trinajstić information content (AvgIpc) is 3.35. The predicted molar refractivity (Wildman–Crippen MR) is 100 cm³/mol. The van der Waals surface area contributed by atoms with Crippen molar-refractivity contribution >= 4 is 12.4 Å². The third-order valence-electron chi connectivity index (χ3n) is 5.00. The van der Waals surface area contributed by atoms with E-state index in [2.05, 4.69) is 54.7 Å². The molecule has 0 heterocycles. The molecule has 24 heavy (non-hydrogen) atoms. The summed E-state index contributed by atoms with van der Waals surface area (Å²) in [4.78, 5) is 0. The number of methoxy groups -OCH3 is 2. The number of halogens is 1. The fraction of sp³-hybridized carbons (Fsp3) is 0.400. The van der Waals surface area contributed by atoms with Crippen LogP contribution in [0.1, 0.15) is 36.8 Å². The van der Waals surface area contributed by atoms with Crippen LogP contribution in [0.15, 0.2) is 48.5 Å². The van der Waals surface area contributed by atoms with Gasteiger partial charge in [0.2, 0.25) is 0 Å². The SMILES string of the molecule is CCC1(NCc2ccc(OC)c(OC)c2)CC1c1ccccc1.Cl. The van der Waals surface area contributed by atoms with E-state index in [4.69, 9.17) is 9.47 Å². The summed E-state index contributed by atoms with van der Waals surface area (Å²) in [5.41, 5.74) is 2.89. The van der Waals surface area contributed by atoms with Gasteiger partial charge in [-0.3, -0.25) is 0 Å². The molecule has 1 aliphatic rings. The Morgan fingerprint density at radius 2 is 1.75 bits per heavy atom. The molecule has 0 spiro atoms. The van der Waals surface area contributed by atoms with E-state index in [9.17, 15) is 0 Å². The summed E-state index contributed by atoms with van der Waals surface area (Å²) in [7, 11) is 3.34. The fourth-order valence-corrected chi connectivity index (χ4v) is 3.41. The standard InChI is InChI=1S/C20H25NO2.ClH/c1-4-20(13-17(20)16-8-6-5-7-9-16)21-14-15-10-11-18(22-2)19(12-15)23-3;/h5-12,17,21H,4,13-14H2,1-3H3;1H. The Morgan fingerprint density at radius 1 is 1.04 bits per heavy atom. The lowest BCUT2D eigenvalue weighted by molar-refractivity contribution is 0.354. The van der Waals surface area contributed by atoms with Crippen molar-refractivity contribution in [1.29, 1.82) is 0 Å². The van der Waals surface area contributed by atoms with Crippen LogP contribution in [-0.2, 0) is 6.54 Å². The normalized spacial score (nSPS) is 21.7. The van der Waals surface area contributed by atoms with Crippen molar-refractivity contribution in [2.45, 2.75) is 37.8 Å². The Balaban J connectivity index is 0.00000208. The van der Waals surface area contributed by atoms with Crippen molar-refractivity contribution in [2.24, 2.45) is 0 Å². The first-order valence-corrected chi connectivity index (χ1v) is 8.23.